The number of nitriles is 1. The van der Waals surface area contributed by atoms with Crippen LogP contribution < -0.4 is 10.6 Å². The van der Waals surface area contributed by atoms with E-state index in [1.165, 1.54) is 4.90 Å². The minimum Gasteiger partial charge on any atom is -0.481 e. The second-order valence-corrected chi connectivity index (χ2v) is 10.7. The fourth-order valence-electron chi connectivity index (χ4n) is 4.38. The van der Waals surface area contributed by atoms with E-state index in [2.05, 4.69) is 10.6 Å². The predicted molar refractivity (Wildman–Crippen MR) is 137 cm³/mol. The molecule has 1 heterocycles. The van der Waals surface area contributed by atoms with Crippen molar-refractivity contribution in [3.05, 3.63) is 35.4 Å². The number of amides is 3. The minimum absolute atomic E-state index is 0.0114. The minimum atomic E-state index is -0.997. The zero-order chi connectivity index (χ0) is 28.5. The number of carbonyl (C=O) groups is 4. The molecule has 1 aliphatic heterocycles. The summed E-state index contributed by atoms with van der Waals surface area (Å²) >= 11 is 0. The van der Waals surface area contributed by atoms with E-state index in [4.69, 9.17) is 10.4 Å². The first kappa shape index (κ1) is 30.7. The van der Waals surface area contributed by atoms with Gasteiger partial charge in [0.15, 0.2) is 0 Å². The Morgan fingerprint density at radius 3 is 2.26 bits per heavy atom. The third kappa shape index (κ3) is 8.82. The highest BCUT2D eigenvalue weighted by Gasteiger charge is 2.44. The van der Waals surface area contributed by atoms with Crippen LogP contribution in [0.15, 0.2) is 24.3 Å². The van der Waals surface area contributed by atoms with Gasteiger partial charge in [0.25, 0.3) is 0 Å². The van der Waals surface area contributed by atoms with Crippen molar-refractivity contribution in [3.8, 4) is 6.07 Å². The van der Waals surface area contributed by atoms with Crippen LogP contribution in [0, 0.1) is 16.7 Å². The van der Waals surface area contributed by atoms with Gasteiger partial charge in [-0.25, -0.2) is 0 Å². The highest BCUT2D eigenvalue weighted by molar-refractivity contribution is 5.93. The average Bonchev–Trinajstić information content (AvgIpc) is 3.26. The Morgan fingerprint density at radius 1 is 1.08 bits per heavy atom. The molecule has 4 atom stereocenters. The third-order valence-electron chi connectivity index (χ3n) is 6.52. The summed E-state index contributed by atoms with van der Waals surface area (Å²) in [4.78, 5) is 51.3. The Hall–Kier alpha value is -3.49. The van der Waals surface area contributed by atoms with E-state index in [1.807, 2.05) is 6.07 Å². The summed E-state index contributed by atoms with van der Waals surface area (Å²) in [6.45, 7) is 4.88. The van der Waals surface area contributed by atoms with Crippen molar-refractivity contribution in [3.63, 3.8) is 0 Å². The molecule has 5 N–H and O–H groups in total. The Kier molecular flexibility index (Phi) is 11.2. The standard InChI is InChI=1S/C27H38N4O7/c1-27(2,3)24(30-22(34)7-5-4-6-8-23(35)36)26(38)31-15-19(33)13-21(31)25(37)29-20(16-32)18-11-9-17(14-28)10-12-18/h9-12,19-21,24,32-33H,4-8,13,15-16H2,1-3H3,(H,29,37)(H,30,34)(H,35,36)/t19-,20+,21+,24?/m1/s1. The molecule has 0 bridgehead atoms. The van der Waals surface area contributed by atoms with Crippen LogP contribution in [-0.4, -0.2) is 75.2 Å². The largest absolute Gasteiger partial charge is 0.481 e. The summed E-state index contributed by atoms with van der Waals surface area (Å²) in [5.74, 6) is -2.28. The molecule has 0 aromatic heterocycles. The van der Waals surface area contributed by atoms with Crippen molar-refractivity contribution in [1.82, 2.24) is 15.5 Å². The van der Waals surface area contributed by atoms with Gasteiger partial charge in [0.2, 0.25) is 17.7 Å². The highest BCUT2D eigenvalue weighted by Crippen LogP contribution is 2.27. The van der Waals surface area contributed by atoms with Gasteiger partial charge in [0.05, 0.1) is 30.4 Å². The number of carbonyl (C=O) groups excluding carboxylic acids is 3. The van der Waals surface area contributed by atoms with Crippen molar-refractivity contribution in [2.24, 2.45) is 5.41 Å². The van der Waals surface area contributed by atoms with Gasteiger partial charge in [-0.3, -0.25) is 19.2 Å². The average molecular weight is 531 g/mol. The van der Waals surface area contributed by atoms with E-state index in [1.54, 1.807) is 45.0 Å². The van der Waals surface area contributed by atoms with Crippen molar-refractivity contribution in [1.29, 1.82) is 5.26 Å². The van der Waals surface area contributed by atoms with Gasteiger partial charge >= 0.3 is 5.97 Å². The number of aliphatic carboxylic acids is 1. The highest BCUT2D eigenvalue weighted by atomic mass is 16.4. The van der Waals surface area contributed by atoms with Gasteiger partial charge in [0.1, 0.15) is 12.1 Å². The monoisotopic (exact) mass is 530 g/mol. The van der Waals surface area contributed by atoms with E-state index < -0.39 is 54.0 Å². The molecule has 1 unspecified atom stereocenters. The van der Waals surface area contributed by atoms with Crippen LogP contribution in [0.5, 0.6) is 0 Å². The number of β-amino-alcohol motifs (C(OH)–C–C–N with tert-alkyl or cyclic N) is 1. The molecule has 2 rings (SSSR count). The molecule has 38 heavy (non-hydrogen) atoms. The van der Waals surface area contributed by atoms with Gasteiger partial charge in [-0.2, -0.15) is 5.26 Å². The molecule has 3 amide bonds. The maximum atomic E-state index is 13.6. The Labute approximate surface area is 222 Å². The van der Waals surface area contributed by atoms with Crippen molar-refractivity contribution >= 4 is 23.7 Å². The van der Waals surface area contributed by atoms with E-state index in [0.29, 0.717) is 30.4 Å². The zero-order valence-corrected chi connectivity index (χ0v) is 22.1. The first-order chi connectivity index (χ1) is 17.9. The lowest BCUT2D eigenvalue weighted by Crippen LogP contribution is -2.58. The second kappa shape index (κ2) is 13.9. The summed E-state index contributed by atoms with van der Waals surface area (Å²) in [6.07, 6.45) is 0.766. The number of aliphatic hydroxyl groups is 2. The first-order valence-corrected chi connectivity index (χ1v) is 12.8. The number of hydrogen-bond acceptors (Lipinski definition) is 7. The summed E-state index contributed by atoms with van der Waals surface area (Å²) in [7, 11) is 0. The number of nitrogens with one attached hydrogen (secondary N) is 2. The molecule has 0 saturated carbocycles. The summed E-state index contributed by atoms with van der Waals surface area (Å²) in [5, 5.41) is 43.4. The number of rotatable bonds is 12. The third-order valence-corrected chi connectivity index (χ3v) is 6.52. The van der Waals surface area contributed by atoms with Crippen molar-refractivity contribution < 1.29 is 34.5 Å². The Bertz CT molecular complexity index is 1030. The summed E-state index contributed by atoms with van der Waals surface area (Å²) < 4.78 is 0. The predicted octanol–water partition coefficient (Wildman–Crippen LogP) is 1.24. The van der Waals surface area contributed by atoms with Crippen LogP contribution in [-0.2, 0) is 19.2 Å². The van der Waals surface area contributed by atoms with Gasteiger partial charge in [-0.15, -0.1) is 0 Å². The van der Waals surface area contributed by atoms with E-state index in [9.17, 15) is 29.4 Å². The molecular weight excluding hydrogens is 492 g/mol. The van der Waals surface area contributed by atoms with Crippen LogP contribution in [0.3, 0.4) is 0 Å². The maximum absolute atomic E-state index is 13.6. The Balaban J connectivity index is 2.10. The topological polar surface area (TPSA) is 180 Å². The molecule has 11 nitrogen and oxygen atoms in total. The van der Waals surface area contributed by atoms with Crippen LogP contribution in [0.1, 0.15) is 76.5 Å². The van der Waals surface area contributed by atoms with Gasteiger partial charge in [0, 0.05) is 25.8 Å². The number of benzene rings is 1. The molecule has 208 valence electrons. The number of nitrogens with zero attached hydrogens (tertiary/aromatic N) is 2. The smallest absolute Gasteiger partial charge is 0.303 e. The van der Waals surface area contributed by atoms with Crippen LogP contribution in [0.25, 0.3) is 0 Å². The molecule has 1 aromatic carbocycles. The molecule has 1 aliphatic rings. The maximum Gasteiger partial charge on any atom is 0.303 e. The number of hydrogen-bond donors (Lipinski definition) is 5. The molecule has 0 aliphatic carbocycles. The number of likely N-dealkylation sites (tertiary alicyclic amines) is 1. The molecule has 1 aromatic rings. The van der Waals surface area contributed by atoms with Crippen LogP contribution in [0.4, 0.5) is 0 Å². The molecule has 0 radical (unpaired) electrons. The lowest BCUT2D eigenvalue weighted by atomic mass is 9.85. The number of carboxylic acid groups (broad SMARTS) is 1. The number of unbranched alkanes of at least 4 members (excludes halogenated alkanes) is 2. The Morgan fingerprint density at radius 2 is 1.71 bits per heavy atom. The fraction of sp³-hybridized carbons (Fsp3) is 0.593. The van der Waals surface area contributed by atoms with Gasteiger partial charge < -0.3 is 30.9 Å². The molecule has 1 saturated heterocycles. The van der Waals surface area contributed by atoms with Crippen LogP contribution >= 0.6 is 0 Å². The van der Waals surface area contributed by atoms with Crippen molar-refractivity contribution in [2.45, 2.75) is 83.5 Å². The molecular formula is C27H38N4O7. The normalized spacial score (nSPS) is 18.8. The first-order valence-electron chi connectivity index (χ1n) is 12.8. The quantitative estimate of drug-likeness (QED) is 0.250. The lowest BCUT2D eigenvalue weighted by Gasteiger charge is -2.35. The lowest BCUT2D eigenvalue weighted by molar-refractivity contribution is -0.144. The molecule has 11 heteroatoms. The SMILES string of the molecule is CC(C)(C)C(NC(=O)CCCCCC(=O)O)C(=O)N1C[C@H](O)C[C@H]1C(=O)N[C@@H](CO)c1ccc(C#N)cc1. The summed E-state index contributed by atoms with van der Waals surface area (Å²) in [5.41, 5.74) is 0.322. The van der Waals surface area contributed by atoms with Gasteiger partial charge in [-0.05, 0) is 36.0 Å². The zero-order valence-electron chi connectivity index (χ0n) is 22.1. The van der Waals surface area contributed by atoms with E-state index >= 15 is 0 Å². The van der Waals surface area contributed by atoms with E-state index in [0.717, 1.165) is 0 Å². The second-order valence-electron chi connectivity index (χ2n) is 10.7. The fourth-order valence-corrected chi connectivity index (χ4v) is 4.38. The van der Waals surface area contributed by atoms with Gasteiger partial charge in [-0.1, -0.05) is 39.3 Å². The number of aliphatic hydroxyl groups excluding tert-OH is 2. The molecule has 0 spiro atoms. The summed E-state index contributed by atoms with van der Waals surface area (Å²) in [6, 6.07) is 5.67. The van der Waals surface area contributed by atoms with Crippen LogP contribution in [0.2, 0.25) is 0 Å². The van der Waals surface area contributed by atoms with E-state index in [-0.39, 0.29) is 31.7 Å². The number of carboxylic acids is 1. The van der Waals surface area contributed by atoms with Crippen molar-refractivity contribution in [2.75, 3.05) is 13.2 Å². The molecule has 1 fully saturated rings.